The average molecular weight is 316 g/mol. The van der Waals surface area contributed by atoms with E-state index in [1.54, 1.807) is 0 Å². The van der Waals surface area contributed by atoms with E-state index in [0.29, 0.717) is 6.42 Å². The molecular formula is C12H14BrNO4. The molecule has 0 saturated heterocycles. The summed E-state index contributed by atoms with van der Waals surface area (Å²) in [5.41, 5.74) is 0.982. The van der Waals surface area contributed by atoms with Gasteiger partial charge < -0.3 is 15.5 Å². The Morgan fingerprint density at radius 3 is 2.67 bits per heavy atom. The molecule has 1 rings (SSSR count). The zero-order chi connectivity index (χ0) is 13.5. The van der Waals surface area contributed by atoms with Gasteiger partial charge in [-0.15, -0.1) is 0 Å². The van der Waals surface area contributed by atoms with Crippen molar-refractivity contribution >= 4 is 27.8 Å². The zero-order valence-electron chi connectivity index (χ0n) is 9.60. The molecule has 1 atom stereocenters. The number of nitrogens with one attached hydrogen (secondary N) is 1. The molecule has 6 heteroatoms. The molecule has 0 bridgehead atoms. The third-order valence-corrected chi connectivity index (χ3v) is 2.84. The van der Waals surface area contributed by atoms with Crippen LogP contribution in [0.2, 0.25) is 0 Å². The van der Waals surface area contributed by atoms with Gasteiger partial charge in [-0.05, 0) is 24.1 Å². The molecular weight excluding hydrogens is 302 g/mol. The minimum Gasteiger partial charge on any atom is -0.480 e. The van der Waals surface area contributed by atoms with Crippen LogP contribution < -0.4 is 5.32 Å². The summed E-state index contributed by atoms with van der Waals surface area (Å²) < 4.78 is 0.930. The van der Waals surface area contributed by atoms with Crippen LogP contribution >= 0.6 is 15.9 Å². The van der Waals surface area contributed by atoms with E-state index in [2.05, 4.69) is 21.2 Å². The van der Waals surface area contributed by atoms with E-state index >= 15 is 0 Å². The molecule has 18 heavy (non-hydrogen) atoms. The van der Waals surface area contributed by atoms with Crippen molar-refractivity contribution in [2.75, 3.05) is 6.61 Å². The number of aliphatic hydroxyl groups excluding tert-OH is 1. The van der Waals surface area contributed by atoms with Gasteiger partial charge in [0.05, 0.1) is 6.61 Å². The zero-order valence-corrected chi connectivity index (χ0v) is 11.2. The standard InChI is InChI=1S/C12H14BrNO4/c13-9-3-1-2-8(6-9)4-5-11(16)14-10(7-15)12(17)18/h1-3,6,10,15H,4-5,7H2,(H,14,16)(H,17,18)/t10-/m1/s1. The van der Waals surface area contributed by atoms with Gasteiger partial charge in [-0.1, -0.05) is 28.1 Å². The number of carbonyl (C=O) groups excluding carboxylic acids is 1. The Hall–Kier alpha value is -1.40. The van der Waals surface area contributed by atoms with E-state index in [4.69, 9.17) is 10.2 Å². The number of amides is 1. The summed E-state index contributed by atoms with van der Waals surface area (Å²) in [5.74, 6) is -1.63. The van der Waals surface area contributed by atoms with Crippen LogP contribution in [0.4, 0.5) is 0 Å². The molecule has 5 nitrogen and oxygen atoms in total. The van der Waals surface area contributed by atoms with Crippen LogP contribution in [0.3, 0.4) is 0 Å². The fourth-order valence-electron chi connectivity index (χ4n) is 1.40. The number of carbonyl (C=O) groups is 2. The first-order chi connectivity index (χ1) is 8.52. The Kier molecular flexibility index (Phi) is 5.80. The van der Waals surface area contributed by atoms with E-state index in [0.717, 1.165) is 10.0 Å². The first-order valence-electron chi connectivity index (χ1n) is 5.40. The number of rotatable bonds is 6. The maximum absolute atomic E-state index is 11.5. The molecule has 0 unspecified atom stereocenters. The fourth-order valence-corrected chi connectivity index (χ4v) is 1.85. The van der Waals surface area contributed by atoms with Crippen molar-refractivity contribution in [2.24, 2.45) is 0 Å². The van der Waals surface area contributed by atoms with Crippen LogP contribution in [0.25, 0.3) is 0 Å². The van der Waals surface area contributed by atoms with E-state index in [-0.39, 0.29) is 6.42 Å². The van der Waals surface area contributed by atoms with Gasteiger partial charge in [0.15, 0.2) is 0 Å². The van der Waals surface area contributed by atoms with Gasteiger partial charge >= 0.3 is 5.97 Å². The summed E-state index contributed by atoms with van der Waals surface area (Å²) in [7, 11) is 0. The summed E-state index contributed by atoms with van der Waals surface area (Å²) in [6.45, 7) is -0.613. The molecule has 0 aromatic heterocycles. The summed E-state index contributed by atoms with van der Waals surface area (Å²) in [4.78, 5) is 22.1. The minimum atomic E-state index is -1.24. The van der Waals surface area contributed by atoms with Gasteiger partial charge in [-0.25, -0.2) is 4.79 Å². The highest BCUT2D eigenvalue weighted by Gasteiger charge is 2.18. The Morgan fingerprint density at radius 2 is 2.11 bits per heavy atom. The molecule has 0 aliphatic carbocycles. The number of aliphatic carboxylic acids is 1. The van der Waals surface area contributed by atoms with Crippen LogP contribution in [0.1, 0.15) is 12.0 Å². The Bertz CT molecular complexity index is 436. The van der Waals surface area contributed by atoms with Crippen LogP contribution in [0.15, 0.2) is 28.7 Å². The number of carboxylic acid groups (broad SMARTS) is 1. The monoisotopic (exact) mass is 315 g/mol. The molecule has 98 valence electrons. The highest BCUT2D eigenvalue weighted by atomic mass is 79.9. The third kappa shape index (κ3) is 4.85. The first-order valence-corrected chi connectivity index (χ1v) is 6.19. The number of benzene rings is 1. The number of aryl methyl sites for hydroxylation is 1. The second-order valence-corrected chi connectivity index (χ2v) is 4.69. The largest absolute Gasteiger partial charge is 0.480 e. The SMILES string of the molecule is O=C(CCc1cccc(Br)c1)N[C@H](CO)C(=O)O. The predicted octanol–water partition coefficient (Wildman–Crippen LogP) is 0.943. The summed E-state index contributed by atoms with van der Waals surface area (Å²) >= 11 is 3.33. The second-order valence-electron chi connectivity index (χ2n) is 3.77. The van der Waals surface area contributed by atoms with Crippen LogP contribution in [0.5, 0.6) is 0 Å². The van der Waals surface area contributed by atoms with Crippen molar-refractivity contribution in [1.82, 2.24) is 5.32 Å². The Balaban J connectivity index is 2.44. The highest BCUT2D eigenvalue weighted by molar-refractivity contribution is 9.10. The van der Waals surface area contributed by atoms with Crippen molar-refractivity contribution in [2.45, 2.75) is 18.9 Å². The van der Waals surface area contributed by atoms with E-state index in [1.165, 1.54) is 0 Å². The number of aliphatic hydroxyl groups is 1. The molecule has 0 aliphatic heterocycles. The van der Waals surface area contributed by atoms with Gasteiger partial charge in [0, 0.05) is 10.9 Å². The van der Waals surface area contributed by atoms with Crippen molar-refractivity contribution in [3.05, 3.63) is 34.3 Å². The topological polar surface area (TPSA) is 86.6 Å². The molecule has 1 aromatic rings. The van der Waals surface area contributed by atoms with E-state index in [9.17, 15) is 9.59 Å². The smallest absolute Gasteiger partial charge is 0.328 e. The van der Waals surface area contributed by atoms with E-state index in [1.807, 2.05) is 24.3 Å². The van der Waals surface area contributed by atoms with Crippen molar-refractivity contribution in [3.8, 4) is 0 Å². The maximum Gasteiger partial charge on any atom is 0.328 e. The quantitative estimate of drug-likeness (QED) is 0.729. The van der Waals surface area contributed by atoms with Crippen molar-refractivity contribution < 1.29 is 19.8 Å². The maximum atomic E-state index is 11.5. The lowest BCUT2D eigenvalue weighted by Crippen LogP contribution is -2.43. The molecule has 1 amide bonds. The van der Waals surface area contributed by atoms with Crippen LogP contribution in [-0.4, -0.2) is 34.7 Å². The molecule has 1 aromatic carbocycles. The average Bonchev–Trinajstić information content (AvgIpc) is 2.33. The number of hydrogen-bond acceptors (Lipinski definition) is 3. The fraction of sp³-hybridized carbons (Fsp3) is 0.333. The minimum absolute atomic E-state index is 0.181. The van der Waals surface area contributed by atoms with Gasteiger partial charge in [0.1, 0.15) is 6.04 Å². The molecule has 3 N–H and O–H groups in total. The Labute approximate surface area is 113 Å². The summed E-state index contributed by atoms with van der Waals surface area (Å²) in [5, 5.41) is 19.7. The number of halogens is 1. The van der Waals surface area contributed by atoms with Gasteiger partial charge in [-0.3, -0.25) is 4.79 Å². The number of carboxylic acids is 1. The van der Waals surface area contributed by atoms with Crippen LogP contribution in [0, 0.1) is 0 Å². The normalized spacial score (nSPS) is 11.9. The first kappa shape index (κ1) is 14.7. The lowest BCUT2D eigenvalue weighted by atomic mass is 10.1. The molecule has 0 radical (unpaired) electrons. The second kappa shape index (κ2) is 7.13. The molecule has 0 aliphatic rings. The van der Waals surface area contributed by atoms with E-state index < -0.39 is 24.5 Å². The third-order valence-electron chi connectivity index (χ3n) is 2.35. The van der Waals surface area contributed by atoms with Crippen molar-refractivity contribution in [3.63, 3.8) is 0 Å². The van der Waals surface area contributed by atoms with Crippen LogP contribution in [-0.2, 0) is 16.0 Å². The lowest BCUT2D eigenvalue weighted by molar-refractivity contribution is -0.142. The number of hydrogen-bond donors (Lipinski definition) is 3. The highest BCUT2D eigenvalue weighted by Crippen LogP contribution is 2.12. The predicted molar refractivity (Wildman–Crippen MR) is 69.1 cm³/mol. The molecule has 0 spiro atoms. The van der Waals surface area contributed by atoms with Gasteiger partial charge in [0.2, 0.25) is 5.91 Å². The van der Waals surface area contributed by atoms with Gasteiger partial charge in [0.25, 0.3) is 0 Å². The Morgan fingerprint density at radius 1 is 1.39 bits per heavy atom. The molecule has 0 saturated carbocycles. The van der Waals surface area contributed by atoms with Crippen molar-refractivity contribution in [1.29, 1.82) is 0 Å². The van der Waals surface area contributed by atoms with Gasteiger partial charge in [-0.2, -0.15) is 0 Å². The molecule has 0 fully saturated rings. The summed E-state index contributed by atoms with van der Waals surface area (Å²) in [6, 6.07) is 6.30. The summed E-state index contributed by atoms with van der Waals surface area (Å²) in [6.07, 6.45) is 0.698. The lowest BCUT2D eigenvalue weighted by Gasteiger charge is -2.11. The molecule has 0 heterocycles.